The van der Waals surface area contributed by atoms with Crippen molar-refractivity contribution in [2.45, 2.75) is 19.4 Å². The van der Waals surface area contributed by atoms with Crippen molar-refractivity contribution in [2.24, 2.45) is 0 Å². The van der Waals surface area contributed by atoms with Crippen molar-refractivity contribution in [3.05, 3.63) is 42.4 Å². The topological polar surface area (TPSA) is 53.9 Å². The Morgan fingerprint density at radius 2 is 1.84 bits per heavy atom. The number of hydrogen-bond acceptors (Lipinski definition) is 5. The average molecular weight is 255 g/mol. The first-order valence-electron chi connectivity index (χ1n) is 6.62. The van der Waals surface area contributed by atoms with E-state index < -0.39 is 0 Å². The second kappa shape index (κ2) is 5.65. The maximum absolute atomic E-state index is 4.56. The van der Waals surface area contributed by atoms with Gasteiger partial charge in [0.2, 0.25) is 5.95 Å². The summed E-state index contributed by atoms with van der Waals surface area (Å²) in [4.78, 5) is 15.1. The molecule has 0 aromatic carbocycles. The highest BCUT2D eigenvalue weighted by Gasteiger charge is 2.13. The molecular weight excluding hydrogens is 238 g/mol. The third kappa shape index (κ3) is 2.99. The largest absolute Gasteiger partial charge is 0.356 e. The van der Waals surface area contributed by atoms with Gasteiger partial charge in [0, 0.05) is 38.2 Å². The van der Waals surface area contributed by atoms with Crippen molar-refractivity contribution in [2.75, 3.05) is 23.3 Å². The number of anilines is 2. The van der Waals surface area contributed by atoms with Crippen LogP contribution in [0.4, 0.5) is 11.8 Å². The van der Waals surface area contributed by atoms with Crippen LogP contribution in [0.15, 0.2) is 36.8 Å². The molecule has 2 aromatic rings. The van der Waals surface area contributed by atoms with Gasteiger partial charge < -0.3 is 10.2 Å². The molecule has 0 bridgehead atoms. The predicted molar refractivity (Wildman–Crippen MR) is 75.0 cm³/mol. The standard InChI is InChI=1S/C14H17N5/c1-2-10-19(9-1)13-5-8-16-14(18-13)17-11-12-3-6-15-7-4-12/h3-8H,1-2,9-11H2,(H,16,17,18). The summed E-state index contributed by atoms with van der Waals surface area (Å²) in [5.74, 6) is 1.70. The van der Waals surface area contributed by atoms with Gasteiger partial charge in [0.1, 0.15) is 5.82 Å². The molecule has 0 radical (unpaired) electrons. The smallest absolute Gasteiger partial charge is 0.224 e. The zero-order chi connectivity index (χ0) is 12.9. The number of aromatic nitrogens is 3. The van der Waals surface area contributed by atoms with E-state index in [2.05, 4.69) is 25.2 Å². The van der Waals surface area contributed by atoms with Crippen LogP contribution in [0.3, 0.4) is 0 Å². The second-order valence-corrected chi connectivity index (χ2v) is 4.64. The third-order valence-corrected chi connectivity index (χ3v) is 3.27. The summed E-state index contributed by atoms with van der Waals surface area (Å²) in [7, 11) is 0. The van der Waals surface area contributed by atoms with E-state index in [0.717, 1.165) is 18.9 Å². The van der Waals surface area contributed by atoms with Gasteiger partial charge in [-0.25, -0.2) is 4.98 Å². The van der Waals surface area contributed by atoms with Gasteiger partial charge in [0.25, 0.3) is 0 Å². The van der Waals surface area contributed by atoms with Crippen molar-refractivity contribution in [3.63, 3.8) is 0 Å². The lowest BCUT2D eigenvalue weighted by molar-refractivity contribution is 0.922. The van der Waals surface area contributed by atoms with Crippen LogP contribution >= 0.6 is 0 Å². The van der Waals surface area contributed by atoms with Crippen molar-refractivity contribution in [3.8, 4) is 0 Å². The fraction of sp³-hybridized carbons (Fsp3) is 0.357. The summed E-state index contributed by atoms with van der Waals surface area (Å²) in [5.41, 5.74) is 1.17. The molecule has 3 rings (SSSR count). The van der Waals surface area contributed by atoms with Crippen molar-refractivity contribution >= 4 is 11.8 Å². The lowest BCUT2D eigenvalue weighted by Gasteiger charge is -2.16. The number of nitrogens with zero attached hydrogens (tertiary/aromatic N) is 4. The molecule has 0 atom stereocenters. The molecule has 0 aliphatic carbocycles. The highest BCUT2D eigenvalue weighted by atomic mass is 15.2. The molecule has 1 saturated heterocycles. The Hall–Kier alpha value is -2.17. The van der Waals surface area contributed by atoms with Crippen LogP contribution in [-0.4, -0.2) is 28.0 Å². The normalized spacial score (nSPS) is 14.6. The van der Waals surface area contributed by atoms with E-state index in [1.54, 1.807) is 12.4 Å². The molecule has 5 heteroatoms. The Balaban J connectivity index is 1.66. The molecule has 0 spiro atoms. The van der Waals surface area contributed by atoms with E-state index in [-0.39, 0.29) is 0 Å². The second-order valence-electron chi connectivity index (χ2n) is 4.64. The van der Waals surface area contributed by atoms with Crippen molar-refractivity contribution < 1.29 is 0 Å². The molecule has 1 N–H and O–H groups in total. The van der Waals surface area contributed by atoms with Crippen LogP contribution < -0.4 is 10.2 Å². The van der Waals surface area contributed by atoms with Crippen LogP contribution in [0.2, 0.25) is 0 Å². The van der Waals surface area contributed by atoms with Crippen LogP contribution in [0, 0.1) is 0 Å². The number of pyridine rings is 1. The minimum atomic E-state index is 0.682. The highest BCUT2D eigenvalue weighted by molar-refractivity contribution is 5.43. The average Bonchev–Trinajstić information content (AvgIpc) is 3.01. The molecular formula is C14H17N5. The van der Waals surface area contributed by atoms with Crippen LogP contribution in [0.5, 0.6) is 0 Å². The van der Waals surface area contributed by atoms with Gasteiger partial charge in [-0.3, -0.25) is 4.98 Å². The summed E-state index contributed by atoms with van der Waals surface area (Å²) in [6.07, 6.45) is 7.90. The summed E-state index contributed by atoms with van der Waals surface area (Å²) in [6.45, 7) is 2.91. The number of rotatable bonds is 4. The van der Waals surface area contributed by atoms with Gasteiger partial charge in [0.05, 0.1) is 0 Å². The van der Waals surface area contributed by atoms with Crippen LogP contribution in [-0.2, 0) is 6.54 Å². The van der Waals surface area contributed by atoms with E-state index in [1.807, 2.05) is 24.4 Å². The number of nitrogens with one attached hydrogen (secondary N) is 1. The molecule has 19 heavy (non-hydrogen) atoms. The SMILES string of the molecule is c1cc(CNc2nccc(N3CCCC3)n2)ccn1. The maximum atomic E-state index is 4.56. The minimum absolute atomic E-state index is 0.682. The first-order chi connectivity index (χ1) is 9.42. The molecule has 5 nitrogen and oxygen atoms in total. The molecule has 98 valence electrons. The van der Waals surface area contributed by atoms with E-state index in [0.29, 0.717) is 12.5 Å². The minimum Gasteiger partial charge on any atom is -0.356 e. The Kier molecular flexibility index (Phi) is 3.54. The number of hydrogen-bond donors (Lipinski definition) is 1. The Labute approximate surface area is 112 Å². The molecule has 0 saturated carbocycles. The third-order valence-electron chi connectivity index (χ3n) is 3.27. The Bertz CT molecular complexity index is 522. The summed E-state index contributed by atoms with van der Waals surface area (Å²) in [6, 6.07) is 5.94. The molecule has 0 amide bonds. The quantitative estimate of drug-likeness (QED) is 0.906. The van der Waals surface area contributed by atoms with E-state index in [9.17, 15) is 0 Å². The fourth-order valence-electron chi connectivity index (χ4n) is 2.24. The van der Waals surface area contributed by atoms with Crippen molar-refractivity contribution in [1.82, 2.24) is 15.0 Å². The van der Waals surface area contributed by atoms with Gasteiger partial charge in [-0.05, 0) is 36.6 Å². The first-order valence-corrected chi connectivity index (χ1v) is 6.62. The van der Waals surface area contributed by atoms with Gasteiger partial charge in [-0.1, -0.05) is 0 Å². The zero-order valence-electron chi connectivity index (χ0n) is 10.8. The van der Waals surface area contributed by atoms with Crippen molar-refractivity contribution in [1.29, 1.82) is 0 Å². The van der Waals surface area contributed by atoms with Crippen LogP contribution in [0.25, 0.3) is 0 Å². The van der Waals surface area contributed by atoms with Gasteiger partial charge in [-0.2, -0.15) is 4.98 Å². The zero-order valence-corrected chi connectivity index (χ0v) is 10.8. The molecule has 2 aromatic heterocycles. The lowest BCUT2D eigenvalue weighted by Crippen LogP contribution is -2.19. The van der Waals surface area contributed by atoms with Gasteiger partial charge >= 0.3 is 0 Å². The van der Waals surface area contributed by atoms with E-state index >= 15 is 0 Å². The van der Waals surface area contributed by atoms with Crippen LogP contribution in [0.1, 0.15) is 18.4 Å². The highest BCUT2D eigenvalue weighted by Crippen LogP contribution is 2.18. The monoisotopic (exact) mass is 255 g/mol. The Morgan fingerprint density at radius 3 is 2.63 bits per heavy atom. The summed E-state index contributed by atoms with van der Waals surface area (Å²) < 4.78 is 0. The van der Waals surface area contributed by atoms with E-state index in [4.69, 9.17) is 0 Å². The molecule has 1 aliphatic rings. The lowest BCUT2D eigenvalue weighted by atomic mass is 10.3. The van der Waals surface area contributed by atoms with E-state index in [1.165, 1.54) is 18.4 Å². The summed E-state index contributed by atoms with van der Waals surface area (Å²) in [5, 5.41) is 3.25. The molecule has 1 aliphatic heterocycles. The fourth-order valence-corrected chi connectivity index (χ4v) is 2.24. The molecule has 3 heterocycles. The Morgan fingerprint density at radius 1 is 1.05 bits per heavy atom. The van der Waals surface area contributed by atoms with Gasteiger partial charge in [-0.15, -0.1) is 0 Å². The first kappa shape index (κ1) is 11.9. The predicted octanol–water partition coefficient (Wildman–Crippen LogP) is 2.08. The molecule has 1 fully saturated rings. The maximum Gasteiger partial charge on any atom is 0.224 e. The molecule has 0 unspecified atom stereocenters. The van der Waals surface area contributed by atoms with Gasteiger partial charge in [0.15, 0.2) is 0 Å². The summed E-state index contributed by atoms with van der Waals surface area (Å²) >= 11 is 0.